The van der Waals surface area contributed by atoms with E-state index in [0.717, 1.165) is 29.7 Å². The first kappa shape index (κ1) is 13.6. The van der Waals surface area contributed by atoms with Crippen molar-refractivity contribution in [3.05, 3.63) is 58.3 Å². The molecule has 3 aromatic rings. The van der Waals surface area contributed by atoms with Crippen molar-refractivity contribution in [3.8, 4) is 6.07 Å². The summed E-state index contributed by atoms with van der Waals surface area (Å²) in [5.41, 5.74) is 1.55. The molecule has 0 saturated carbocycles. The van der Waals surface area contributed by atoms with Crippen molar-refractivity contribution in [1.82, 2.24) is 4.98 Å². The van der Waals surface area contributed by atoms with Gasteiger partial charge in [-0.05, 0) is 30.0 Å². The molecule has 0 radical (unpaired) electrons. The van der Waals surface area contributed by atoms with Crippen LogP contribution in [0.3, 0.4) is 0 Å². The summed E-state index contributed by atoms with van der Waals surface area (Å²) < 4.78 is 0. The standard InChI is InChI=1S/C17H15N3S/c1-20(9-8-15-6-4-10-21-15)17-14(12-18)11-13-5-2-3-7-16(13)19-17/h2-7,10-11H,8-9H2,1H3. The van der Waals surface area contributed by atoms with Gasteiger partial charge in [-0.15, -0.1) is 11.3 Å². The minimum absolute atomic E-state index is 0.627. The summed E-state index contributed by atoms with van der Waals surface area (Å²) >= 11 is 1.76. The van der Waals surface area contributed by atoms with Crippen LogP contribution in [-0.4, -0.2) is 18.6 Å². The van der Waals surface area contributed by atoms with Crippen LogP contribution in [0, 0.1) is 11.3 Å². The van der Waals surface area contributed by atoms with Gasteiger partial charge in [-0.3, -0.25) is 0 Å². The predicted octanol–water partition coefficient (Wildman–Crippen LogP) is 3.85. The molecule has 4 heteroatoms. The summed E-state index contributed by atoms with van der Waals surface area (Å²) in [6.45, 7) is 0.848. The van der Waals surface area contributed by atoms with E-state index in [1.807, 2.05) is 37.4 Å². The minimum Gasteiger partial charge on any atom is -0.358 e. The van der Waals surface area contributed by atoms with Crippen LogP contribution in [0.5, 0.6) is 0 Å². The number of pyridine rings is 1. The Kier molecular flexibility index (Phi) is 3.85. The van der Waals surface area contributed by atoms with E-state index in [0.29, 0.717) is 5.56 Å². The fourth-order valence-electron chi connectivity index (χ4n) is 2.32. The van der Waals surface area contributed by atoms with Crippen LogP contribution < -0.4 is 4.90 Å². The quantitative estimate of drug-likeness (QED) is 0.733. The lowest BCUT2D eigenvalue weighted by Crippen LogP contribution is -2.22. The Labute approximate surface area is 128 Å². The third-order valence-corrected chi connectivity index (χ3v) is 4.40. The average molecular weight is 293 g/mol. The van der Waals surface area contributed by atoms with Gasteiger partial charge < -0.3 is 4.90 Å². The Hall–Kier alpha value is -2.38. The molecule has 0 fully saturated rings. The van der Waals surface area contributed by atoms with E-state index >= 15 is 0 Å². The van der Waals surface area contributed by atoms with Crippen LogP contribution in [0.4, 0.5) is 5.82 Å². The molecular weight excluding hydrogens is 278 g/mol. The fourth-order valence-corrected chi connectivity index (χ4v) is 3.02. The number of hydrogen-bond acceptors (Lipinski definition) is 4. The Morgan fingerprint density at radius 1 is 1.24 bits per heavy atom. The summed E-state index contributed by atoms with van der Waals surface area (Å²) in [6, 6.07) is 16.3. The maximum atomic E-state index is 9.36. The van der Waals surface area contributed by atoms with E-state index in [1.165, 1.54) is 4.88 Å². The van der Waals surface area contributed by atoms with E-state index in [1.54, 1.807) is 11.3 Å². The van der Waals surface area contributed by atoms with Gasteiger partial charge in [0.15, 0.2) is 0 Å². The zero-order chi connectivity index (χ0) is 14.7. The molecule has 0 saturated heterocycles. The Bertz CT molecular complexity index is 787. The second-order valence-corrected chi connectivity index (χ2v) is 5.95. The number of para-hydroxylation sites is 1. The Morgan fingerprint density at radius 3 is 2.86 bits per heavy atom. The number of rotatable bonds is 4. The molecule has 0 bridgehead atoms. The zero-order valence-corrected chi connectivity index (χ0v) is 12.6. The molecule has 0 spiro atoms. The second-order valence-electron chi connectivity index (χ2n) is 4.91. The second kappa shape index (κ2) is 5.94. The lowest BCUT2D eigenvalue weighted by molar-refractivity contribution is 0.870. The number of anilines is 1. The average Bonchev–Trinajstić information content (AvgIpc) is 3.04. The van der Waals surface area contributed by atoms with Crippen LogP contribution in [0.1, 0.15) is 10.4 Å². The highest BCUT2D eigenvalue weighted by molar-refractivity contribution is 7.09. The van der Waals surface area contributed by atoms with Crippen LogP contribution in [0.15, 0.2) is 47.8 Å². The maximum absolute atomic E-state index is 9.36. The molecule has 2 aromatic heterocycles. The first-order chi connectivity index (χ1) is 10.3. The molecule has 0 aliphatic rings. The van der Waals surface area contributed by atoms with E-state index in [9.17, 15) is 5.26 Å². The number of likely N-dealkylation sites (N-methyl/N-ethyl adjacent to an activating group) is 1. The van der Waals surface area contributed by atoms with Crippen LogP contribution in [0.2, 0.25) is 0 Å². The molecule has 3 rings (SSSR count). The molecule has 104 valence electrons. The molecular formula is C17H15N3S. The van der Waals surface area contributed by atoms with Gasteiger partial charge >= 0.3 is 0 Å². The van der Waals surface area contributed by atoms with Crippen molar-refractivity contribution in [2.45, 2.75) is 6.42 Å². The van der Waals surface area contributed by atoms with Crippen LogP contribution >= 0.6 is 11.3 Å². The van der Waals surface area contributed by atoms with Gasteiger partial charge in [0.25, 0.3) is 0 Å². The van der Waals surface area contributed by atoms with Crippen LogP contribution in [0.25, 0.3) is 10.9 Å². The van der Waals surface area contributed by atoms with Gasteiger partial charge in [0.05, 0.1) is 11.1 Å². The molecule has 21 heavy (non-hydrogen) atoms. The number of hydrogen-bond donors (Lipinski definition) is 0. The highest BCUT2D eigenvalue weighted by atomic mass is 32.1. The van der Waals surface area contributed by atoms with Gasteiger partial charge in [-0.1, -0.05) is 24.3 Å². The SMILES string of the molecule is CN(CCc1cccs1)c1nc2ccccc2cc1C#N. The summed E-state index contributed by atoms with van der Waals surface area (Å²) in [5.74, 6) is 0.757. The highest BCUT2D eigenvalue weighted by Crippen LogP contribution is 2.22. The van der Waals surface area contributed by atoms with Crippen LogP contribution in [-0.2, 0) is 6.42 Å². The van der Waals surface area contributed by atoms with Gasteiger partial charge in [-0.2, -0.15) is 5.26 Å². The Balaban J connectivity index is 1.89. The lowest BCUT2D eigenvalue weighted by Gasteiger charge is -2.19. The van der Waals surface area contributed by atoms with Gasteiger partial charge in [0, 0.05) is 23.9 Å². The molecule has 0 aliphatic heterocycles. The van der Waals surface area contributed by atoms with Gasteiger partial charge in [0.2, 0.25) is 0 Å². The molecule has 2 heterocycles. The minimum atomic E-state index is 0.627. The molecule has 0 amide bonds. The smallest absolute Gasteiger partial charge is 0.147 e. The zero-order valence-electron chi connectivity index (χ0n) is 11.8. The van der Waals surface area contributed by atoms with Gasteiger partial charge in [0.1, 0.15) is 11.9 Å². The van der Waals surface area contributed by atoms with E-state index < -0.39 is 0 Å². The monoisotopic (exact) mass is 293 g/mol. The number of thiophene rings is 1. The molecule has 0 aliphatic carbocycles. The summed E-state index contributed by atoms with van der Waals surface area (Å²) in [5, 5.41) is 12.5. The lowest BCUT2D eigenvalue weighted by atomic mass is 10.1. The number of nitrogens with zero attached hydrogens (tertiary/aromatic N) is 3. The predicted molar refractivity (Wildman–Crippen MR) is 87.8 cm³/mol. The number of nitriles is 1. The Morgan fingerprint density at radius 2 is 2.10 bits per heavy atom. The largest absolute Gasteiger partial charge is 0.358 e. The van der Waals surface area contributed by atoms with Crippen molar-refractivity contribution in [3.63, 3.8) is 0 Å². The topological polar surface area (TPSA) is 39.9 Å². The number of fused-ring (bicyclic) bond motifs is 1. The van der Waals surface area contributed by atoms with Crippen molar-refractivity contribution >= 4 is 28.1 Å². The molecule has 0 N–H and O–H groups in total. The van der Waals surface area contributed by atoms with Crippen molar-refractivity contribution in [2.24, 2.45) is 0 Å². The van der Waals surface area contributed by atoms with Gasteiger partial charge in [-0.25, -0.2) is 4.98 Å². The fraction of sp³-hybridized carbons (Fsp3) is 0.176. The number of aromatic nitrogens is 1. The summed E-state index contributed by atoms with van der Waals surface area (Å²) in [7, 11) is 1.99. The molecule has 0 atom stereocenters. The first-order valence-corrected chi connectivity index (χ1v) is 7.69. The summed E-state index contributed by atoms with van der Waals surface area (Å²) in [6.07, 6.45) is 0.966. The third kappa shape index (κ3) is 2.88. The normalized spacial score (nSPS) is 10.5. The maximum Gasteiger partial charge on any atom is 0.147 e. The van der Waals surface area contributed by atoms with E-state index in [-0.39, 0.29) is 0 Å². The molecule has 1 aromatic carbocycles. The number of benzene rings is 1. The van der Waals surface area contributed by atoms with E-state index in [4.69, 9.17) is 0 Å². The van der Waals surface area contributed by atoms with Crippen molar-refractivity contribution in [2.75, 3.05) is 18.5 Å². The van der Waals surface area contributed by atoms with Crippen molar-refractivity contribution in [1.29, 1.82) is 5.26 Å². The first-order valence-electron chi connectivity index (χ1n) is 6.81. The molecule has 0 unspecified atom stereocenters. The van der Waals surface area contributed by atoms with E-state index in [2.05, 4.69) is 33.5 Å². The third-order valence-electron chi connectivity index (χ3n) is 3.46. The molecule has 3 nitrogen and oxygen atoms in total. The van der Waals surface area contributed by atoms with Crippen molar-refractivity contribution < 1.29 is 0 Å². The summed E-state index contributed by atoms with van der Waals surface area (Å²) in [4.78, 5) is 8.06. The highest BCUT2D eigenvalue weighted by Gasteiger charge is 2.11.